The highest BCUT2D eigenvalue weighted by Crippen LogP contribution is 2.38. The van der Waals surface area contributed by atoms with E-state index in [1.807, 2.05) is 0 Å². The van der Waals surface area contributed by atoms with E-state index in [0.717, 1.165) is 36.1 Å². The van der Waals surface area contributed by atoms with Crippen LogP contribution in [0.5, 0.6) is 5.75 Å². The Kier molecular flexibility index (Phi) is 5.84. The summed E-state index contributed by atoms with van der Waals surface area (Å²) in [7, 11) is 1.35. The molecule has 1 N–H and O–H groups in total. The summed E-state index contributed by atoms with van der Waals surface area (Å²) in [6.45, 7) is 1.64. The normalized spacial score (nSPS) is 14.3. The monoisotopic (exact) mass is 393 g/mol. The number of para-hydroxylation sites is 1. The molecule has 1 aliphatic carbocycles. The zero-order valence-electron chi connectivity index (χ0n) is 14.6. The summed E-state index contributed by atoms with van der Waals surface area (Å²) >= 11 is 7.52. The topological polar surface area (TPSA) is 64.6 Å². The van der Waals surface area contributed by atoms with Gasteiger partial charge in [0.2, 0.25) is 0 Å². The molecule has 1 atom stereocenters. The molecule has 0 aliphatic heterocycles. The van der Waals surface area contributed by atoms with Gasteiger partial charge in [0.15, 0.2) is 6.10 Å². The lowest BCUT2D eigenvalue weighted by Gasteiger charge is -2.15. The van der Waals surface area contributed by atoms with E-state index >= 15 is 0 Å². The van der Waals surface area contributed by atoms with Crippen LogP contribution in [0.3, 0.4) is 0 Å². The Morgan fingerprint density at radius 1 is 1.23 bits per heavy atom. The predicted octanol–water partition coefficient (Wildman–Crippen LogP) is 4.47. The number of hydrogen-bond acceptors (Lipinski definition) is 5. The molecule has 1 heterocycles. The van der Waals surface area contributed by atoms with Gasteiger partial charge in [0.05, 0.1) is 17.7 Å². The molecule has 0 bridgehead atoms. The van der Waals surface area contributed by atoms with Crippen molar-refractivity contribution >= 4 is 39.8 Å². The molecule has 0 fully saturated rings. The Labute approximate surface area is 161 Å². The van der Waals surface area contributed by atoms with Gasteiger partial charge in [0.25, 0.3) is 5.91 Å². The highest BCUT2D eigenvalue weighted by atomic mass is 35.5. The van der Waals surface area contributed by atoms with Crippen molar-refractivity contribution in [3.63, 3.8) is 0 Å². The number of halogens is 1. The van der Waals surface area contributed by atoms with E-state index in [1.165, 1.54) is 18.4 Å². The number of benzene rings is 1. The van der Waals surface area contributed by atoms with Crippen LogP contribution in [-0.2, 0) is 22.4 Å². The Morgan fingerprint density at radius 2 is 1.96 bits per heavy atom. The molecule has 0 spiro atoms. The lowest BCUT2D eigenvalue weighted by Crippen LogP contribution is -2.30. The first kappa shape index (κ1) is 18.7. The SMILES string of the molecule is COC(=O)c1c(NC(=O)[C@@H](C)Oc2ccccc2Cl)sc2c1CCCC2. The summed E-state index contributed by atoms with van der Waals surface area (Å²) in [5.74, 6) is -0.316. The summed E-state index contributed by atoms with van der Waals surface area (Å²) in [6, 6.07) is 6.98. The lowest BCUT2D eigenvalue weighted by atomic mass is 9.95. The molecule has 1 aromatic carbocycles. The van der Waals surface area contributed by atoms with Gasteiger partial charge in [-0.15, -0.1) is 11.3 Å². The van der Waals surface area contributed by atoms with Crippen LogP contribution in [0.4, 0.5) is 5.00 Å². The molecule has 0 saturated heterocycles. The smallest absolute Gasteiger partial charge is 0.341 e. The minimum Gasteiger partial charge on any atom is -0.479 e. The largest absolute Gasteiger partial charge is 0.479 e. The summed E-state index contributed by atoms with van der Waals surface area (Å²) < 4.78 is 10.6. The quantitative estimate of drug-likeness (QED) is 0.761. The average molecular weight is 394 g/mol. The molecule has 2 aromatic rings. The van der Waals surface area contributed by atoms with E-state index in [0.29, 0.717) is 21.3 Å². The van der Waals surface area contributed by atoms with E-state index in [4.69, 9.17) is 21.1 Å². The third kappa shape index (κ3) is 3.86. The number of amides is 1. The van der Waals surface area contributed by atoms with Crippen LogP contribution in [0.1, 0.15) is 40.6 Å². The maximum absolute atomic E-state index is 12.6. The lowest BCUT2D eigenvalue weighted by molar-refractivity contribution is -0.122. The fourth-order valence-electron chi connectivity index (χ4n) is 2.97. The summed E-state index contributed by atoms with van der Waals surface area (Å²) in [4.78, 5) is 26.0. The number of nitrogens with one attached hydrogen (secondary N) is 1. The standard InChI is InChI=1S/C19H20ClNO4S/c1-11(25-14-9-5-4-8-13(14)20)17(22)21-18-16(19(23)24-2)12-7-3-6-10-15(12)26-18/h4-5,8-9,11H,3,6-7,10H2,1-2H3,(H,21,22)/t11-/m1/s1. The number of anilines is 1. The van der Waals surface area contributed by atoms with Crippen LogP contribution in [0.25, 0.3) is 0 Å². The van der Waals surface area contributed by atoms with Gasteiger partial charge in [0, 0.05) is 4.88 Å². The molecule has 0 saturated carbocycles. The zero-order valence-corrected chi connectivity index (χ0v) is 16.2. The predicted molar refractivity (Wildman–Crippen MR) is 102 cm³/mol. The van der Waals surface area contributed by atoms with Crippen molar-refractivity contribution in [2.75, 3.05) is 12.4 Å². The Balaban J connectivity index is 1.79. The number of ether oxygens (including phenoxy) is 2. The second kappa shape index (κ2) is 8.10. The molecule has 5 nitrogen and oxygen atoms in total. The number of carbonyl (C=O) groups excluding carboxylic acids is 2. The van der Waals surface area contributed by atoms with Crippen molar-refractivity contribution in [2.45, 2.75) is 38.7 Å². The van der Waals surface area contributed by atoms with Crippen LogP contribution in [0, 0.1) is 0 Å². The first-order valence-corrected chi connectivity index (χ1v) is 9.65. The van der Waals surface area contributed by atoms with Gasteiger partial charge in [0.1, 0.15) is 10.8 Å². The van der Waals surface area contributed by atoms with Gasteiger partial charge in [-0.3, -0.25) is 4.79 Å². The van der Waals surface area contributed by atoms with Crippen LogP contribution in [-0.4, -0.2) is 25.1 Å². The second-order valence-corrected chi connectivity index (χ2v) is 7.60. The minimum absolute atomic E-state index is 0.339. The molecule has 1 aliphatic rings. The van der Waals surface area contributed by atoms with E-state index in [9.17, 15) is 9.59 Å². The number of rotatable bonds is 5. The molecular weight excluding hydrogens is 374 g/mol. The zero-order chi connectivity index (χ0) is 18.7. The van der Waals surface area contributed by atoms with E-state index in [2.05, 4.69) is 5.32 Å². The maximum Gasteiger partial charge on any atom is 0.341 e. The Bertz CT molecular complexity index is 833. The molecule has 7 heteroatoms. The van der Waals surface area contributed by atoms with E-state index in [1.54, 1.807) is 31.2 Å². The van der Waals surface area contributed by atoms with Gasteiger partial charge in [-0.05, 0) is 50.3 Å². The highest BCUT2D eigenvalue weighted by molar-refractivity contribution is 7.17. The van der Waals surface area contributed by atoms with E-state index in [-0.39, 0.29) is 5.91 Å². The molecule has 0 unspecified atom stereocenters. The van der Waals surface area contributed by atoms with Crippen LogP contribution < -0.4 is 10.1 Å². The van der Waals surface area contributed by atoms with E-state index < -0.39 is 12.1 Å². The molecule has 138 valence electrons. The number of carbonyl (C=O) groups is 2. The first-order chi connectivity index (χ1) is 12.5. The third-order valence-corrected chi connectivity index (χ3v) is 5.83. The maximum atomic E-state index is 12.6. The van der Waals surface area contributed by atoms with Crippen molar-refractivity contribution in [3.05, 3.63) is 45.3 Å². The van der Waals surface area contributed by atoms with Gasteiger partial charge < -0.3 is 14.8 Å². The number of hydrogen-bond donors (Lipinski definition) is 1. The van der Waals surface area contributed by atoms with Crippen LogP contribution >= 0.6 is 22.9 Å². The Hall–Kier alpha value is -2.05. The second-order valence-electron chi connectivity index (χ2n) is 6.09. The summed E-state index contributed by atoms with van der Waals surface area (Å²) in [6.07, 6.45) is 3.11. The highest BCUT2D eigenvalue weighted by Gasteiger charge is 2.28. The number of esters is 1. The molecular formula is C19H20ClNO4S. The third-order valence-electron chi connectivity index (χ3n) is 4.31. The van der Waals surface area contributed by atoms with Crippen LogP contribution in [0.2, 0.25) is 5.02 Å². The van der Waals surface area contributed by atoms with Gasteiger partial charge >= 0.3 is 5.97 Å². The molecule has 26 heavy (non-hydrogen) atoms. The van der Waals surface area contributed by atoms with Gasteiger partial charge in [-0.2, -0.15) is 0 Å². The fraction of sp³-hybridized carbons (Fsp3) is 0.368. The van der Waals surface area contributed by atoms with Gasteiger partial charge in [-0.1, -0.05) is 23.7 Å². The molecule has 1 amide bonds. The van der Waals surface area contributed by atoms with Crippen molar-refractivity contribution in [3.8, 4) is 5.75 Å². The summed E-state index contributed by atoms with van der Waals surface area (Å²) in [5.41, 5.74) is 1.48. The summed E-state index contributed by atoms with van der Waals surface area (Å²) in [5, 5.41) is 3.80. The average Bonchev–Trinajstić information content (AvgIpc) is 3.00. The number of fused-ring (bicyclic) bond motifs is 1. The molecule has 0 radical (unpaired) electrons. The number of aryl methyl sites for hydroxylation is 1. The van der Waals surface area contributed by atoms with Crippen molar-refractivity contribution in [1.82, 2.24) is 0 Å². The molecule has 1 aromatic heterocycles. The van der Waals surface area contributed by atoms with Crippen molar-refractivity contribution < 1.29 is 19.1 Å². The van der Waals surface area contributed by atoms with Crippen LogP contribution in [0.15, 0.2) is 24.3 Å². The molecule has 3 rings (SSSR count). The van der Waals surface area contributed by atoms with Gasteiger partial charge in [-0.25, -0.2) is 4.79 Å². The number of methoxy groups -OCH3 is 1. The van der Waals surface area contributed by atoms with Crippen molar-refractivity contribution in [1.29, 1.82) is 0 Å². The fourth-order valence-corrected chi connectivity index (χ4v) is 4.43. The number of thiophene rings is 1. The minimum atomic E-state index is -0.764. The van der Waals surface area contributed by atoms with Crippen molar-refractivity contribution in [2.24, 2.45) is 0 Å². The first-order valence-electron chi connectivity index (χ1n) is 8.46. The Morgan fingerprint density at radius 3 is 2.69 bits per heavy atom.